The molecule has 0 saturated carbocycles. The van der Waals surface area contributed by atoms with E-state index in [9.17, 15) is 14.4 Å². The minimum absolute atomic E-state index is 0.148. The number of aromatic amines is 1. The lowest BCUT2D eigenvalue weighted by atomic mass is 10.1. The molecule has 1 saturated heterocycles. The number of aromatic nitrogens is 1. The van der Waals surface area contributed by atoms with Gasteiger partial charge in [0, 0.05) is 0 Å². The Bertz CT molecular complexity index is 1160. The normalized spacial score (nSPS) is 15.3. The zero-order valence-electron chi connectivity index (χ0n) is 18.8. The second-order valence-corrected chi connectivity index (χ2v) is 7.89. The van der Waals surface area contributed by atoms with E-state index < -0.39 is 12.0 Å². The van der Waals surface area contributed by atoms with Gasteiger partial charge in [0.2, 0.25) is 0 Å². The van der Waals surface area contributed by atoms with E-state index in [1.807, 2.05) is 6.92 Å². The molecule has 2 amide bonds. The van der Waals surface area contributed by atoms with Gasteiger partial charge in [-0.15, -0.1) is 0 Å². The number of hydrogen-bond acceptors (Lipinski definition) is 6. The van der Waals surface area contributed by atoms with Crippen molar-refractivity contribution in [2.75, 3.05) is 45.7 Å². The van der Waals surface area contributed by atoms with Crippen LogP contribution in [0.4, 0.5) is 5.69 Å². The zero-order chi connectivity index (χ0) is 23.5. The smallest absolute Gasteiger partial charge is 0.356 e. The Morgan fingerprint density at radius 2 is 1.91 bits per heavy atom. The number of piperazine rings is 1. The van der Waals surface area contributed by atoms with Crippen LogP contribution in [0, 0.1) is 0 Å². The van der Waals surface area contributed by atoms with E-state index in [1.165, 1.54) is 20.5 Å². The lowest BCUT2D eigenvalue weighted by Crippen LogP contribution is -3.19. The largest absolute Gasteiger partial charge is 0.496 e. The highest BCUT2D eigenvalue weighted by atomic mass is 16.5. The molecule has 3 heterocycles. The summed E-state index contributed by atoms with van der Waals surface area (Å²) in [4.78, 5) is 43.8. The Morgan fingerprint density at radius 1 is 1.15 bits per heavy atom. The Labute approximate surface area is 190 Å². The first-order valence-corrected chi connectivity index (χ1v) is 10.7. The number of fused-ring (bicyclic) bond motifs is 1. The van der Waals surface area contributed by atoms with Gasteiger partial charge in [-0.2, -0.15) is 0 Å². The number of amides is 2. The van der Waals surface area contributed by atoms with E-state index in [0.29, 0.717) is 54.3 Å². The molecule has 2 aromatic heterocycles. The number of esters is 1. The number of furan rings is 1. The van der Waals surface area contributed by atoms with Crippen molar-refractivity contribution in [2.24, 2.45) is 0 Å². The molecule has 10 heteroatoms. The van der Waals surface area contributed by atoms with Gasteiger partial charge in [-0.25, -0.2) is 4.79 Å². The van der Waals surface area contributed by atoms with Crippen molar-refractivity contribution in [3.63, 3.8) is 0 Å². The Kier molecular flexibility index (Phi) is 6.36. The van der Waals surface area contributed by atoms with Gasteiger partial charge in [-0.1, -0.05) is 6.07 Å². The van der Waals surface area contributed by atoms with Crippen molar-refractivity contribution in [1.82, 2.24) is 9.88 Å². The molecule has 3 aromatic rings. The van der Waals surface area contributed by atoms with E-state index in [2.05, 4.69) is 10.3 Å². The topological polar surface area (TPSA) is 118 Å². The number of ether oxygens (including phenoxy) is 2. The molecule has 4 rings (SSSR count). The van der Waals surface area contributed by atoms with Crippen molar-refractivity contribution >= 4 is 34.4 Å². The van der Waals surface area contributed by atoms with E-state index >= 15 is 0 Å². The molecule has 1 aliphatic rings. The highest BCUT2D eigenvalue weighted by molar-refractivity contribution is 6.13. The summed E-state index contributed by atoms with van der Waals surface area (Å²) in [5.74, 6) is -0.141. The summed E-state index contributed by atoms with van der Waals surface area (Å²) < 4.78 is 15.5. The first-order chi connectivity index (χ1) is 15.9. The molecular weight excluding hydrogens is 428 g/mol. The quantitative estimate of drug-likeness (QED) is 0.476. The Hall–Kier alpha value is -3.79. The van der Waals surface area contributed by atoms with Gasteiger partial charge >= 0.3 is 5.97 Å². The van der Waals surface area contributed by atoms with Gasteiger partial charge in [0.1, 0.15) is 11.4 Å². The number of benzene rings is 1. The summed E-state index contributed by atoms with van der Waals surface area (Å²) in [5, 5.41) is 3.51. The molecule has 3 N–H and O–H groups in total. The molecule has 0 bridgehead atoms. The van der Waals surface area contributed by atoms with Crippen molar-refractivity contribution < 1.29 is 33.2 Å². The summed E-state index contributed by atoms with van der Waals surface area (Å²) in [6, 6.07) is 8.27. The lowest BCUT2D eigenvalue weighted by Gasteiger charge is -2.34. The fourth-order valence-electron chi connectivity index (χ4n) is 4.17. The summed E-state index contributed by atoms with van der Waals surface area (Å²) in [6.07, 6.45) is 1.48. The first kappa shape index (κ1) is 22.4. The molecule has 1 fully saturated rings. The second kappa shape index (κ2) is 9.37. The number of methoxy groups -OCH3 is 2. The van der Waals surface area contributed by atoms with Gasteiger partial charge in [0.05, 0.1) is 63.3 Å². The van der Waals surface area contributed by atoms with Crippen LogP contribution in [0.3, 0.4) is 0 Å². The van der Waals surface area contributed by atoms with E-state index in [0.717, 1.165) is 4.90 Å². The first-order valence-electron chi connectivity index (χ1n) is 10.7. The highest BCUT2D eigenvalue weighted by Gasteiger charge is 2.33. The van der Waals surface area contributed by atoms with E-state index in [-0.39, 0.29) is 17.5 Å². The number of carbonyl (C=O) groups is 3. The van der Waals surface area contributed by atoms with Gasteiger partial charge in [-0.05, 0) is 31.2 Å². The summed E-state index contributed by atoms with van der Waals surface area (Å²) in [5.41, 5.74) is 1.13. The predicted molar refractivity (Wildman–Crippen MR) is 120 cm³/mol. The molecule has 0 unspecified atom stereocenters. The fraction of sp³-hybridized carbons (Fsp3) is 0.348. The number of nitrogens with one attached hydrogen (secondary N) is 3. The number of rotatable bonds is 6. The van der Waals surface area contributed by atoms with Crippen LogP contribution >= 0.6 is 0 Å². The average Bonchev–Trinajstić information content (AvgIpc) is 3.51. The van der Waals surface area contributed by atoms with Gasteiger partial charge in [-0.3, -0.25) is 9.59 Å². The maximum absolute atomic E-state index is 13.2. The number of anilines is 1. The van der Waals surface area contributed by atoms with Crippen LogP contribution in [-0.2, 0) is 9.53 Å². The molecule has 10 nitrogen and oxygen atoms in total. The minimum atomic E-state index is -0.589. The van der Waals surface area contributed by atoms with Crippen molar-refractivity contribution in [1.29, 1.82) is 0 Å². The van der Waals surface area contributed by atoms with E-state index in [1.54, 1.807) is 35.2 Å². The van der Waals surface area contributed by atoms with Crippen LogP contribution in [0.25, 0.3) is 10.9 Å². The molecule has 1 atom stereocenters. The fourth-order valence-corrected chi connectivity index (χ4v) is 4.17. The molecule has 1 aliphatic heterocycles. The predicted octanol–water partition coefficient (Wildman–Crippen LogP) is 0.924. The maximum Gasteiger partial charge on any atom is 0.356 e. The minimum Gasteiger partial charge on any atom is -0.496 e. The molecule has 33 heavy (non-hydrogen) atoms. The SMILES string of the molecule is COC(=O)c1[nH]c2cccc(OC)c2c1NC(=O)[C@@H](C)[NH+]1CCN(C(=O)c2ccco2)CC1. The molecule has 0 spiro atoms. The third-order valence-electron chi connectivity index (χ3n) is 6.07. The average molecular weight is 455 g/mol. The van der Waals surface area contributed by atoms with Crippen molar-refractivity contribution in [3.05, 3.63) is 48.0 Å². The van der Waals surface area contributed by atoms with E-state index in [4.69, 9.17) is 13.9 Å². The monoisotopic (exact) mass is 455 g/mol. The molecule has 0 radical (unpaired) electrons. The molecule has 1 aromatic carbocycles. The Morgan fingerprint density at radius 3 is 2.55 bits per heavy atom. The third-order valence-corrected chi connectivity index (χ3v) is 6.07. The molecule has 0 aliphatic carbocycles. The van der Waals surface area contributed by atoms with Crippen LogP contribution < -0.4 is 15.0 Å². The molecule has 174 valence electrons. The number of carbonyl (C=O) groups excluding carboxylic acids is 3. The standard InChI is InChI=1S/C23H26N4O6/c1-14(26-9-11-27(12-10-26)22(29)17-8-5-13-33-17)21(28)25-19-18-15(6-4-7-16(18)31-2)24-20(19)23(30)32-3/h4-8,13-14,24H,9-12H2,1-3H3,(H,25,28)/p+1/t14-/m1/s1. The summed E-state index contributed by atoms with van der Waals surface area (Å²) >= 11 is 0. The maximum atomic E-state index is 13.2. The second-order valence-electron chi connectivity index (χ2n) is 7.89. The van der Waals surface area contributed by atoms with Crippen molar-refractivity contribution in [2.45, 2.75) is 13.0 Å². The van der Waals surface area contributed by atoms with Gasteiger partial charge < -0.3 is 34.0 Å². The summed E-state index contributed by atoms with van der Waals surface area (Å²) in [6.45, 7) is 4.09. The lowest BCUT2D eigenvalue weighted by molar-refractivity contribution is -0.917. The number of quaternary nitrogens is 1. The highest BCUT2D eigenvalue weighted by Crippen LogP contribution is 2.35. The van der Waals surface area contributed by atoms with Gasteiger partial charge in [0.15, 0.2) is 11.8 Å². The summed E-state index contributed by atoms with van der Waals surface area (Å²) in [7, 11) is 2.81. The zero-order valence-corrected chi connectivity index (χ0v) is 18.8. The molecular formula is C23H27N4O6+. The third kappa shape index (κ3) is 4.29. The van der Waals surface area contributed by atoms with Crippen molar-refractivity contribution in [3.8, 4) is 5.75 Å². The number of hydrogen-bond donors (Lipinski definition) is 3. The van der Waals surface area contributed by atoms with Crippen LogP contribution in [0.5, 0.6) is 5.75 Å². The Balaban J connectivity index is 1.49. The van der Waals surface area contributed by atoms with Crippen LogP contribution in [-0.4, -0.2) is 74.1 Å². The number of nitrogens with zero attached hydrogens (tertiary/aromatic N) is 1. The van der Waals surface area contributed by atoms with Crippen LogP contribution in [0.2, 0.25) is 0 Å². The van der Waals surface area contributed by atoms with Crippen LogP contribution in [0.1, 0.15) is 28.0 Å². The number of H-pyrrole nitrogens is 1. The van der Waals surface area contributed by atoms with Gasteiger partial charge in [0.25, 0.3) is 11.8 Å². The van der Waals surface area contributed by atoms with Crippen LogP contribution in [0.15, 0.2) is 41.0 Å².